The van der Waals surface area contributed by atoms with Gasteiger partial charge in [-0.15, -0.1) is 6.58 Å². The Hall–Kier alpha value is -2.02. The van der Waals surface area contributed by atoms with Crippen LogP contribution < -0.4 is 0 Å². The molecule has 0 N–H and O–H groups in total. The van der Waals surface area contributed by atoms with Gasteiger partial charge in [0.2, 0.25) is 0 Å². The molecule has 1 saturated carbocycles. The first-order chi connectivity index (χ1) is 15.0. The van der Waals surface area contributed by atoms with Gasteiger partial charge in [0.1, 0.15) is 14.8 Å². The molecule has 1 aromatic carbocycles. The van der Waals surface area contributed by atoms with Gasteiger partial charge in [-0.2, -0.15) is 0 Å². The van der Waals surface area contributed by atoms with Crippen LogP contribution in [-0.2, 0) is 14.3 Å². The monoisotopic (exact) mass is 546 g/mol. The van der Waals surface area contributed by atoms with Crippen LogP contribution in [0.5, 0.6) is 0 Å². The summed E-state index contributed by atoms with van der Waals surface area (Å²) in [7, 11) is 1.46. The van der Waals surface area contributed by atoms with Crippen molar-refractivity contribution in [3.63, 3.8) is 0 Å². The minimum absolute atomic E-state index is 0.0139. The fraction of sp³-hybridized carbons (Fsp3) is 0.444. The number of ketones is 3. The molecule has 5 heteroatoms. The molecule has 4 nitrogen and oxygen atoms in total. The second kappa shape index (κ2) is 8.73. The number of carbonyl (C=O) groups is 3. The van der Waals surface area contributed by atoms with Crippen molar-refractivity contribution >= 4 is 39.9 Å². The highest BCUT2D eigenvalue weighted by Crippen LogP contribution is 2.64. The largest absolute Gasteiger partial charge is 0.499 e. The molecule has 32 heavy (non-hydrogen) atoms. The summed E-state index contributed by atoms with van der Waals surface area (Å²) < 4.78 is 4.44. The Morgan fingerprint density at radius 3 is 2.38 bits per heavy atom. The van der Waals surface area contributed by atoms with Crippen LogP contribution in [0.15, 0.2) is 66.0 Å². The normalized spacial score (nSPS) is 28.9. The van der Waals surface area contributed by atoms with E-state index >= 15 is 0 Å². The fourth-order valence-corrected chi connectivity index (χ4v) is 6.47. The standard InChI is InChI=1S/C27H31IO4/c1-7-11-19-16-26(15-14-17(2)3)23(32-6)20(21(29)18-12-9-8-10-13-18)22(30)27(28,24(26)31)25(19,4)5/h7-10,12-14,19H,1,11,15-16H2,2-6H3/t19-,26+,27+/m1/s1. The van der Waals surface area contributed by atoms with Crippen molar-refractivity contribution < 1.29 is 19.1 Å². The molecular formula is C27H31IO4. The molecule has 170 valence electrons. The molecule has 0 radical (unpaired) electrons. The van der Waals surface area contributed by atoms with Crippen LogP contribution >= 0.6 is 22.6 Å². The zero-order valence-corrected chi connectivity index (χ0v) is 21.6. The van der Waals surface area contributed by atoms with Crippen LogP contribution in [0.4, 0.5) is 0 Å². The Balaban J connectivity index is 2.38. The predicted molar refractivity (Wildman–Crippen MR) is 135 cm³/mol. The van der Waals surface area contributed by atoms with Gasteiger partial charge in [-0.05, 0) is 44.4 Å². The Morgan fingerprint density at radius 2 is 1.84 bits per heavy atom. The van der Waals surface area contributed by atoms with Gasteiger partial charge in [0.15, 0.2) is 17.3 Å². The van der Waals surface area contributed by atoms with E-state index in [-0.39, 0.29) is 28.8 Å². The highest BCUT2D eigenvalue weighted by Gasteiger charge is 2.72. The maximum Gasteiger partial charge on any atom is 0.200 e. The second-order valence-electron chi connectivity index (χ2n) is 9.63. The number of hydrogen-bond acceptors (Lipinski definition) is 4. The number of hydrogen-bond donors (Lipinski definition) is 0. The van der Waals surface area contributed by atoms with Crippen molar-refractivity contribution in [1.82, 2.24) is 0 Å². The molecule has 1 aromatic rings. The van der Waals surface area contributed by atoms with Gasteiger partial charge in [0.05, 0.1) is 12.5 Å². The zero-order valence-electron chi connectivity index (χ0n) is 19.5. The first kappa shape index (κ1) is 24.6. The van der Waals surface area contributed by atoms with Crippen molar-refractivity contribution in [3.05, 3.63) is 71.5 Å². The van der Waals surface area contributed by atoms with Crippen molar-refractivity contribution in [3.8, 4) is 0 Å². The Kier molecular flexibility index (Phi) is 6.72. The number of halogens is 1. The molecule has 2 bridgehead atoms. The number of fused-ring (bicyclic) bond motifs is 2. The van der Waals surface area contributed by atoms with Gasteiger partial charge in [0.25, 0.3) is 0 Å². The maximum absolute atomic E-state index is 14.2. The van der Waals surface area contributed by atoms with Crippen molar-refractivity contribution in [2.45, 2.75) is 50.4 Å². The summed E-state index contributed by atoms with van der Waals surface area (Å²) >= 11 is 2.04. The molecule has 2 aliphatic carbocycles. The molecule has 0 spiro atoms. The van der Waals surface area contributed by atoms with Gasteiger partial charge >= 0.3 is 0 Å². The van der Waals surface area contributed by atoms with Gasteiger partial charge in [-0.25, -0.2) is 0 Å². The quantitative estimate of drug-likeness (QED) is 0.104. The molecule has 0 amide bonds. The lowest BCUT2D eigenvalue weighted by atomic mass is 9.47. The predicted octanol–water partition coefficient (Wildman–Crippen LogP) is 6.06. The molecule has 0 aromatic heterocycles. The highest BCUT2D eigenvalue weighted by molar-refractivity contribution is 14.1. The average molecular weight is 546 g/mol. The summed E-state index contributed by atoms with van der Waals surface area (Å²) in [6, 6.07) is 8.74. The van der Waals surface area contributed by atoms with Gasteiger partial charge < -0.3 is 4.74 Å². The number of Topliss-reactive ketones (excluding diaryl/α,β-unsaturated/α-hetero) is 3. The van der Waals surface area contributed by atoms with Crippen LogP contribution in [0.1, 0.15) is 57.3 Å². The molecule has 3 rings (SSSR count). The molecule has 0 unspecified atom stereocenters. The topological polar surface area (TPSA) is 60.4 Å². The van der Waals surface area contributed by atoms with Crippen LogP contribution in [0.3, 0.4) is 0 Å². The van der Waals surface area contributed by atoms with E-state index in [0.29, 0.717) is 24.8 Å². The van der Waals surface area contributed by atoms with E-state index in [1.54, 1.807) is 24.3 Å². The number of methoxy groups -OCH3 is 1. The third-order valence-corrected chi connectivity index (χ3v) is 9.60. The van der Waals surface area contributed by atoms with Gasteiger partial charge in [0, 0.05) is 5.56 Å². The Labute approximate surface area is 204 Å². The molecule has 0 saturated heterocycles. The van der Waals surface area contributed by atoms with E-state index < -0.39 is 20.0 Å². The summed E-state index contributed by atoms with van der Waals surface area (Å²) in [5.74, 6) is -0.737. The zero-order chi connectivity index (χ0) is 23.9. The summed E-state index contributed by atoms with van der Waals surface area (Å²) in [6.45, 7) is 11.8. The van der Waals surface area contributed by atoms with Crippen LogP contribution in [-0.4, -0.2) is 27.9 Å². The van der Waals surface area contributed by atoms with Crippen molar-refractivity contribution in [2.24, 2.45) is 16.7 Å². The Morgan fingerprint density at radius 1 is 1.22 bits per heavy atom. The third kappa shape index (κ3) is 3.44. The molecule has 0 aliphatic heterocycles. The minimum Gasteiger partial charge on any atom is -0.499 e. The number of ether oxygens (including phenoxy) is 1. The smallest absolute Gasteiger partial charge is 0.200 e. The fourth-order valence-electron chi connectivity index (χ4n) is 5.24. The van der Waals surface area contributed by atoms with Crippen molar-refractivity contribution in [1.29, 1.82) is 0 Å². The van der Waals surface area contributed by atoms with Crippen molar-refractivity contribution in [2.75, 3.05) is 7.11 Å². The second-order valence-corrected chi connectivity index (χ2v) is 11.3. The van der Waals surface area contributed by atoms with E-state index in [4.69, 9.17) is 4.74 Å². The Bertz CT molecular complexity index is 1030. The van der Waals surface area contributed by atoms with E-state index in [1.165, 1.54) is 7.11 Å². The van der Waals surface area contributed by atoms with Crippen LogP contribution in [0.25, 0.3) is 0 Å². The molecule has 3 atom stereocenters. The lowest BCUT2D eigenvalue weighted by molar-refractivity contribution is -0.150. The summed E-state index contributed by atoms with van der Waals surface area (Å²) in [5, 5.41) is 0. The maximum atomic E-state index is 14.2. The lowest BCUT2D eigenvalue weighted by Crippen LogP contribution is -2.68. The van der Waals surface area contributed by atoms with Gasteiger partial charge in [-0.1, -0.05) is 84.5 Å². The van der Waals surface area contributed by atoms with E-state index in [2.05, 4.69) is 6.58 Å². The first-order valence-electron chi connectivity index (χ1n) is 10.9. The number of alkyl halides is 1. The number of carbonyl (C=O) groups excluding carboxylic acids is 3. The minimum atomic E-state index is -1.37. The average Bonchev–Trinajstić information content (AvgIpc) is 2.76. The number of rotatable bonds is 7. The van der Waals surface area contributed by atoms with E-state index in [9.17, 15) is 14.4 Å². The van der Waals surface area contributed by atoms with E-state index in [1.807, 2.05) is 68.5 Å². The molecular weight excluding hydrogens is 515 g/mol. The molecule has 1 fully saturated rings. The summed E-state index contributed by atoms with van der Waals surface area (Å²) in [6.07, 6.45) is 5.43. The van der Waals surface area contributed by atoms with Gasteiger partial charge in [-0.3, -0.25) is 14.4 Å². The number of benzene rings is 1. The molecule has 2 aliphatic rings. The number of allylic oxidation sites excluding steroid dienone is 5. The van der Waals surface area contributed by atoms with Crippen LogP contribution in [0.2, 0.25) is 0 Å². The third-order valence-electron chi connectivity index (χ3n) is 7.23. The lowest BCUT2D eigenvalue weighted by Gasteiger charge is -2.58. The van der Waals surface area contributed by atoms with E-state index in [0.717, 1.165) is 5.57 Å². The summed E-state index contributed by atoms with van der Waals surface area (Å²) in [5.41, 5.74) is -0.231. The first-order valence-corrected chi connectivity index (χ1v) is 12.0. The summed E-state index contributed by atoms with van der Waals surface area (Å²) in [4.78, 5) is 41.9. The SMILES string of the molecule is C=CC[C@@H]1C[C@]2(CC=C(C)C)C(=O)[C@@](I)(C(=O)C(C(=O)c3ccccc3)=C2OC)C1(C)C. The highest BCUT2D eigenvalue weighted by atomic mass is 127. The van der Waals surface area contributed by atoms with Crippen LogP contribution in [0, 0.1) is 16.7 Å². The molecule has 0 heterocycles.